The Hall–Kier alpha value is -2.34. The lowest BCUT2D eigenvalue weighted by Crippen LogP contribution is -2.28. The number of anilines is 1. The molecular weight excluding hydrogens is 330 g/mol. The van der Waals surface area contributed by atoms with Crippen molar-refractivity contribution in [3.63, 3.8) is 0 Å². The quantitative estimate of drug-likeness (QED) is 0.714. The second kappa shape index (κ2) is 6.68. The number of nitrogen functional groups attached to an aromatic ring is 1. The van der Waals surface area contributed by atoms with Gasteiger partial charge in [0.15, 0.2) is 0 Å². The Morgan fingerprint density at radius 3 is 2.22 bits per heavy atom. The van der Waals surface area contributed by atoms with Gasteiger partial charge in [-0.3, -0.25) is 0 Å². The molecule has 2 aromatic rings. The minimum absolute atomic E-state index is 0.102. The van der Waals surface area contributed by atoms with Crippen molar-refractivity contribution in [3.8, 4) is 17.2 Å². The van der Waals surface area contributed by atoms with Crippen LogP contribution in [0.1, 0.15) is 70.3 Å². The van der Waals surface area contributed by atoms with E-state index in [0.29, 0.717) is 17.3 Å². The molecule has 1 atom stereocenters. The summed E-state index contributed by atoms with van der Waals surface area (Å²) in [4.78, 5) is 4.60. The summed E-state index contributed by atoms with van der Waals surface area (Å²) in [7, 11) is 0. The molecule has 3 nitrogen and oxygen atoms in total. The summed E-state index contributed by atoms with van der Waals surface area (Å²) in [5.74, 6) is 0.940. The van der Waals surface area contributed by atoms with E-state index < -0.39 is 0 Å². The highest BCUT2D eigenvalue weighted by Gasteiger charge is 2.32. The fraction of sp³-hybridized carbons (Fsp3) is 0.500. The smallest absolute Gasteiger partial charge is 0.142 e. The SMILES string of the molecule is CC(C)(C)c1ccc(-c2c(C#N)c(N)nc3c2CC(C(C)(C)C)CC3)cc1. The van der Waals surface area contributed by atoms with Gasteiger partial charge in [-0.05, 0) is 52.7 Å². The Morgan fingerprint density at radius 2 is 1.70 bits per heavy atom. The molecule has 0 saturated heterocycles. The van der Waals surface area contributed by atoms with Gasteiger partial charge < -0.3 is 5.73 Å². The molecule has 0 aliphatic heterocycles. The maximum atomic E-state index is 9.80. The molecule has 3 heteroatoms. The van der Waals surface area contributed by atoms with Gasteiger partial charge in [0.25, 0.3) is 0 Å². The molecule has 3 rings (SSSR count). The summed E-state index contributed by atoms with van der Waals surface area (Å²) in [5.41, 5.74) is 12.7. The van der Waals surface area contributed by atoms with E-state index in [1.54, 1.807) is 0 Å². The summed E-state index contributed by atoms with van der Waals surface area (Å²) < 4.78 is 0. The predicted molar refractivity (Wildman–Crippen MR) is 112 cm³/mol. The number of nitrogens with two attached hydrogens (primary N) is 1. The summed E-state index contributed by atoms with van der Waals surface area (Å²) >= 11 is 0. The molecule has 1 aliphatic rings. The Morgan fingerprint density at radius 1 is 1.07 bits per heavy atom. The summed E-state index contributed by atoms with van der Waals surface area (Å²) in [6.07, 6.45) is 3.01. The summed E-state index contributed by atoms with van der Waals surface area (Å²) in [6.45, 7) is 13.5. The molecule has 1 unspecified atom stereocenters. The van der Waals surface area contributed by atoms with Gasteiger partial charge in [0.05, 0.1) is 0 Å². The van der Waals surface area contributed by atoms with Crippen LogP contribution in [0, 0.1) is 22.7 Å². The lowest BCUT2D eigenvalue weighted by molar-refractivity contribution is 0.215. The largest absolute Gasteiger partial charge is 0.383 e. The highest BCUT2D eigenvalue weighted by Crippen LogP contribution is 2.42. The van der Waals surface area contributed by atoms with Gasteiger partial charge in [0, 0.05) is 11.3 Å². The lowest BCUT2D eigenvalue weighted by atomic mass is 9.70. The van der Waals surface area contributed by atoms with E-state index in [9.17, 15) is 5.26 Å². The molecule has 1 aromatic heterocycles. The summed E-state index contributed by atoms with van der Waals surface area (Å²) in [5, 5.41) is 9.80. The van der Waals surface area contributed by atoms with Crippen molar-refractivity contribution >= 4 is 5.82 Å². The lowest BCUT2D eigenvalue weighted by Gasteiger charge is -2.35. The van der Waals surface area contributed by atoms with E-state index in [4.69, 9.17) is 5.73 Å². The third kappa shape index (κ3) is 3.72. The van der Waals surface area contributed by atoms with Crippen LogP contribution in [-0.2, 0) is 18.3 Å². The van der Waals surface area contributed by atoms with Gasteiger partial charge in [0.1, 0.15) is 17.5 Å². The third-order valence-corrected chi connectivity index (χ3v) is 5.97. The van der Waals surface area contributed by atoms with Crippen molar-refractivity contribution < 1.29 is 0 Å². The zero-order valence-corrected chi connectivity index (χ0v) is 17.5. The third-order valence-electron chi connectivity index (χ3n) is 5.97. The van der Waals surface area contributed by atoms with Crippen LogP contribution in [0.5, 0.6) is 0 Å². The minimum atomic E-state index is 0.102. The first-order valence-corrected chi connectivity index (χ1v) is 9.84. The first kappa shape index (κ1) is 19.4. The highest BCUT2D eigenvalue weighted by molar-refractivity contribution is 5.79. The number of hydrogen-bond donors (Lipinski definition) is 1. The fourth-order valence-electron chi connectivity index (χ4n) is 4.09. The Labute approximate surface area is 163 Å². The monoisotopic (exact) mass is 361 g/mol. The number of pyridine rings is 1. The first-order valence-electron chi connectivity index (χ1n) is 9.84. The molecule has 0 fully saturated rings. The van der Waals surface area contributed by atoms with Crippen molar-refractivity contribution in [1.82, 2.24) is 4.98 Å². The highest BCUT2D eigenvalue weighted by atomic mass is 14.9. The maximum Gasteiger partial charge on any atom is 0.142 e. The average Bonchev–Trinajstić information content (AvgIpc) is 2.58. The van der Waals surface area contributed by atoms with Crippen LogP contribution < -0.4 is 5.73 Å². The Kier molecular flexibility index (Phi) is 4.80. The van der Waals surface area contributed by atoms with Crippen LogP contribution in [-0.4, -0.2) is 4.98 Å². The van der Waals surface area contributed by atoms with Crippen molar-refractivity contribution in [2.75, 3.05) is 5.73 Å². The molecule has 27 heavy (non-hydrogen) atoms. The van der Waals surface area contributed by atoms with Gasteiger partial charge in [-0.2, -0.15) is 5.26 Å². The van der Waals surface area contributed by atoms with Crippen molar-refractivity contribution in [2.45, 2.75) is 66.2 Å². The van der Waals surface area contributed by atoms with Crippen LogP contribution in [0.2, 0.25) is 0 Å². The van der Waals surface area contributed by atoms with Gasteiger partial charge in [-0.25, -0.2) is 4.98 Å². The number of rotatable bonds is 1. The molecule has 0 bridgehead atoms. The van der Waals surface area contributed by atoms with Crippen LogP contribution >= 0.6 is 0 Å². The molecule has 1 aromatic carbocycles. The van der Waals surface area contributed by atoms with Gasteiger partial charge in [-0.15, -0.1) is 0 Å². The van der Waals surface area contributed by atoms with Crippen LogP contribution in [0.3, 0.4) is 0 Å². The van der Waals surface area contributed by atoms with E-state index >= 15 is 0 Å². The van der Waals surface area contributed by atoms with E-state index in [2.05, 4.69) is 76.9 Å². The second-order valence-corrected chi connectivity index (χ2v) is 9.92. The van der Waals surface area contributed by atoms with Gasteiger partial charge in [-0.1, -0.05) is 65.8 Å². The van der Waals surface area contributed by atoms with E-state index in [-0.39, 0.29) is 10.8 Å². The van der Waals surface area contributed by atoms with E-state index in [1.165, 1.54) is 11.1 Å². The molecule has 142 valence electrons. The standard InChI is InChI=1S/C24H31N3/c1-23(2,3)16-9-7-15(8-10-16)21-18-13-17(24(4,5)6)11-12-20(18)27-22(26)19(21)14-25/h7-10,17H,11-13H2,1-6H3,(H2,26,27). The number of nitriles is 1. The van der Waals surface area contributed by atoms with E-state index in [0.717, 1.165) is 36.1 Å². The number of hydrogen-bond acceptors (Lipinski definition) is 3. The number of aromatic nitrogens is 1. The number of benzene rings is 1. The molecule has 1 heterocycles. The number of nitrogens with zero attached hydrogens (tertiary/aromatic N) is 2. The molecule has 0 amide bonds. The number of aryl methyl sites for hydroxylation is 1. The van der Waals surface area contributed by atoms with Crippen LogP contribution in [0.4, 0.5) is 5.82 Å². The van der Waals surface area contributed by atoms with E-state index in [1.807, 2.05) is 0 Å². The predicted octanol–water partition coefficient (Wildman–Crippen LogP) is 5.65. The number of fused-ring (bicyclic) bond motifs is 1. The molecule has 2 N–H and O–H groups in total. The van der Waals surface area contributed by atoms with Crippen molar-refractivity contribution in [2.24, 2.45) is 11.3 Å². The van der Waals surface area contributed by atoms with Gasteiger partial charge in [0.2, 0.25) is 0 Å². The zero-order chi connectivity index (χ0) is 20.0. The molecule has 0 spiro atoms. The maximum absolute atomic E-state index is 9.80. The van der Waals surface area contributed by atoms with Crippen molar-refractivity contribution in [3.05, 3.63) is 46.6 Å². The van der Waals surface area contributed by atoms with Crippen LogP contribution in [0.15, 0.2) is 24.3 Å². The Bertz CT molecular complexity index is 888. The average molecular weight is 362 g/mol. The van der Waals surface area contributed by atoms with Gasteiger partial charge >= 0.3 is 0 Å². The Balaban J connectivity index is 2.17. The second-order valence-electron chi connectivity index (χ2n) is 9.92. The fourth-order valence-corrected chi connectivity index (χ4v) is 4.09. The normalized spacial score (nSPS) is 17.3. The van der Waals surface area contributed by atoms with Crippen LogP contribution in [0.25, 0.3) is 11.1 Å². The molecule has 0 saturated carbocycles. The molecule has 1 aliphatic carbocycles. The summed E-state index contributed by atoms with van der Waals surface area (Å²) in [6, 6.07) is 10.9. The van der Waals surface area contributed by atoms with Crippen molar-refractivity contribution in [1.29, 1.82) is 5.26 Å². The first-order chi connectivity index (χ1) is 12.5. The zero-order valence-electron chi connectivity index (χ0n) is 17.5. The molecule has 0 radical (unpaired) electrons. The topological polar surface area (TPSA) is 62.7 Å². The minimum Gasteiger partial charge on any atom is -0.383 e. The molecular formula is C24H31N3.